The molecule has 0 aliphatic rings. The van der Waals surface area contributed by atoms with E-state index in [9.17, 15) is 9.18 Å². The van der Waals surface area contributed by atoms with E-state index in [1.165, 1.54) is 19.2 Å². The van der Waals surface area contributed by atoms with Crippen LogP contribution < -0.4 is 10.2 Å². The van der Waals surface area contributed by atoms with Crippen LogP contribution >= 0.6 is 0 Å². The Balaban J connectivity index is 2.26. The molecule has 0 fully saturated rings. The summed E-state index contributed by atoms with van der Waals surface area (Å²) in [6.07, 6.45) is 4.31. The van der Waals surface area contributed by atoms with Gasteiger partial charge in [-0.3, -0.25) is 5.41 Å². The fraction of sp³-hybridized carbons (Fsp3) is 0.167. The van der Waals surface area contributed by atoms with Gasteiger partial charge in [0, 0.05) is 7.05 Å². The molecular weight excluding hydrogens is 323 g/mol. The zero-order chi connectivity index (χ0) is 18.2. The molecule has 6 nitrogen and oxygen atoms in total. The standard InChI is InChI=1S/C18H19FN4O2/c1-21-10-9-16(20)23(17-8-7-15(19)11-22-17)12-13-3-5-14(6-4-13)18(24)25-2/h3-11,20-21H,12H2,1-2H3/b10-9-,20-16?. The Morgan fingerprint density at radius 2 is 2.04 bits per heavy atom. The van der Waals surface area contributed by atoms with Gasteiger partial charge in [0.2, 0.25) is 0 Å². The summed E-state index contributed by atoms with van der Waals surface area (Å²) in [6, 6.07) is 9.68. The number of aromatic nitrogens is 1. The Kier molecular flexibility index (Phi) is 6.22. The molecule has 0 aliphatic carbocycles. The van der Waals surface area contributed by atoms with Crippen LogP contribution in [-0.2, 0) is 11.3 Å². The van der Waals surface area contributed by atoms with E-state index >= 15 is 0 Å². The average Bonchev–Trinajstić information content (AvgIpc) is 2.65. The molecule has 25 heavy (non-hydrogen) atoms. The van der Waals surface area contributed by atoms with Crippen LogP contribution in [0.4, 0.5) is 10.2 Å². The average molecular weight is 342 g/mol. The molecule has 0 bridgehead atoms. The van der Waals surface area contributed by atoms with E-state index in [1.807, 2.05) is 0 Å². The molecular formula is C18H19FN4O2. The van der Waals surface area contributed by atoms with Crippen LogP contribution in [-0.4, -0.2) is 30.9 Å². The summed E-state index contributed by atoms with van der Waals surface area (Å²) in [7, 11) is 3.06. The van der Waals surface area contributed by atoms with Crippen LogP contribution in [0.3, 0.4) is 0 Å². The number of anilines is 1. The predicted octanol–water partition coefficient (Wildman–Crippen LogP) is 2.72. The molecule has 7 heteroatoms. The van der Waals surface area contributed by atoms with Gasteiger partial charge in [-0.2, -0.15) is 0 Å². The summed E-state index contributed by atoms with van der Waals surface area (Å²) in [5.74, 6) is -0.216. The second kappa shape index (κ2) is 8.58. The summed E-state index contributed by atoms with van der Waals surface area (Å²) < 4.78 is 17.8. The van der Waals surface area contributed by atoms with Gasteiger partial charge in [0.25, 0.3) is 0 Å². The van der Waals surface area contributed by atoms with Crippen molar-refractivity contribution in [1.82, 2.24) is 10.3 Å². The Labute approximate surface area is 145 Å². The molecule has 0 atom stereocenters. The Bertz CT molecular complexity index is 758. The predicted molar refractivity (Wildman–Crippen MR) is 94.1 cm³/mol. The zero-order valence-electron chi connectivity index (χ0n) is 14.0. The summed E-state index contributed by atoms with van der Waals surface area (Å²) >= 11 is 0. The number of rotatable bonds is 6. The number of carbonyl (C=O) groups excluding carboxylic acids is 1. The van der Waals surface area contributed by atoms with E-state index in [4.69, 9.17) is 5.41 Å². The summed E-state index contributed by atoms with van der Waals surface area (Å²) in [6.45, 7) is 0.340. The van der Waals surface area contributed by atoms with Crippen molar-refractivity contribution >= 4 is 17.6 Å². The highest BCUT2D eigenvalue weighted by atomic mass is 19.1. The molecule has 0 unspecified atom stereocenters. The van der Waals surface area contributed by atoms with Gasteiger partial charge in [-0.05, 0) is 42.1 Å². The number of carbonyl (C=O) groups is 1. The van der Waals surface area contributed by atoms with Crippen LogP contribution in [0.5, 0.6) is 0 Å². The van der Waals surface area contributed by atoms with Crippen molar-refractivity contribution in [3.63, 3.8) is 0 Å². The monoisotopic (exact) mass is 342 g/mol. The van der Waals surface area contributed by atoms with Gasteiger partial charge in [0.05, 0.1) is 25.4 Å². The molecule has 0 saturated heterocycles. The number of nitrogens with one attached hydrogen (secondary N) is 2. The van der Waals surface area contributed by atoms with Crippen LogP contribution in [0.25, 0.3) is 0 Å². The first-order chi connectivity index (χ1) is 12.0. The maximum Gasteiger partial charge on any atom is 0.337 e. The van der Waals surface area contributed by atoms with Gasteiger partial charge >= 0.3 is 5.97 Å². The minimum Gasteiger partial charge on any atom is -0.465 e. The number of pyridine rings is 1. The van der Waals surface area contributed by atoms with Gasteiger partial charge in [-0.1, -0.05) is 12.1 Å². The van der Waals surface area contributed by atoms with Crippen molar-refractivity contribution in [3.05, 3.63) is 71.8 Å². The first-order valence-corrected chi connectivity index (χ1v) is 7.54. The summed E-state index contributed by atoms with van der Waals surface area (Å²) in [5.41, 5.74) is 1.31. The van der Waals surface area contributed by atoms with Crippen molar-refractivity contribution < 1.29 is 13.9 Å². The highest BCUT2D eigenvalue weighted by Gasteiger charge is 2.13. The van der Waals surface area contributed by atoms with Gasteiger partial charge in [0.15, 0.2) is 0 Å². The second-order valence-electron chi connectivity index (χ2n) is 5.12. The van der Waals surface area contributed by atoms with E-state index in [0.717, 1.165) is 11.8 Å². The number of amidine groups is 1. The van der Waals surface area contributed by atoms with E-state index in [-0.39, 0.29) is 5.84 Å². The molecule has 2 rings (SSSR count). The minimum absolute atomic E-state index is 0.186. The maximum absolute atomic E-state index is 13.1. The van der Waals surface area contributed by atoms with Gasteiger partial charge < -0.3 is 15.0 Å². The zero-order valence-corrected chi connectivity index (χ0v) is 14.0. The van der Waals surface area contributed by atoms with Crippen molar-refractivity contribution in [2.24, 2.45) is 0 Å². The number of benzene rings is 1. The van der Waals surface area contributed by atoms with Gasteiger partial charge in [0.1, 0.15) is 17.5 Å². The lowest BCUT2D eigenvalue weighted by molar-refractivity contribution is 0.0600. The lowest BCUT2D eigenvalue weighted by Gasteiger charge is -2.22. The fourth-order valence-corrected chi connectivity index (χ4v) is 2.12. The number of halogens is 1. The van der Waals surface area contributed by atoms with Crippen molar-refractivity contribution in [3.8, 4) is 0 Å². The number of nitrogens with zero attached hydrogens (tertiary/aromatic N) is 2. The maximum atomic E-state index is 13.1. The van der Waals surface area contributed by atoms with Gasteiger partial charge in [-0.15, -0.1) is 0 Å². The molecule has 1 aromatic heterocycles. The molecule has 1 aromatic carbocycles. The number of methoxy groups -OCH3 is 1. The van der Waals surface area contributed by atoms with E-state index < -0.39 is 11.8 Å². The van der Waals surface area contributed by atoms with Crippen LogP contribution in [0.1, 0.15) is 15.9 Å². The molecule has 2 aromatic rings. The Morgan fingerprint density at radius 3 is 2.60 bits per heavy atom. The molecule has 0 aliphatic heterocycles. The van der Waals surface area contributed by atoms with Crippen molar-refractivity contribution in [2.75, 3.05) is 19.1 Å². The fourth-order valence-electron chi connectivity index (χ4n) is 2.12. The molecule has 0 spiro atoms. The molecule has 130 valence electrons. The number of ether oxygens (including phenoxy) is 1. The summed E-state index contributed by atoms with van der Waals surface area (Å²) in [4.78, 5) is 17.2. The molecule has 0 radical (unpaired) electrons. The second-order valence-corrected chi connectivity index (χ2v) is 5.12. The largest absolute Gasteiger partial charge is 0.465 e. The number of hydrogen-bond acceptors (Lipinski definition) is 5. The Hall–Kier alpha value is -3.22. The first kappa shape index (κ1) is 18.1. The van der Waals surface area contributed by atoms with E-state index in [0.29, 0.717) is 17.9 Å². The normalized spacial score (nSPS) is 10.5. The lowest BCUT2D eigenvalue weighted by Crippen LogP contribution is -2.29. The number of hydrogen-bond donors (Lipinski definition) is 2. The third kappa shape index (κ3) is 4.87. The van der Waals surface area contributed by atoms with Gasteiger partial charge in [-0.25, -0.2) is 14.2 Å². The van der Waals surface area contributed by atoms with Crippen molar-refractivity contribution in [2.45, 2.75) is 6.54 Å². The first-order valence-electron chi connectivity index (χ1n) is 7.54. The van der Waals surface area contributed by atoms with Crippen LogP contribution in [0, 0.1) is 11.2 Å². The van der Waals surface area contributed by atoms with Crippen LogP contribution in [0.2, 0.25) is 0 Å². The topological polar surface area (TPSA) is 78.3 Å². The molecule has 2 N–H and O–H groups in total. The quantitative estimate of drug-likeness (QED) is 0.479. The smallest absolute Gasteiger partial charge is 0.337 e. The molecule has 1 heterocycles. The number of esters is 1. The Morgan fingerprint density at radius 1 is 1.32 bits per heavy atom. The molecule has 0 saturated carbocycles. The highest BCUT2D eigenvalue weighted by molar-refractivity contribution is 6.02. The highest BCUT2D eigenvalue weighted by Crippen LogP contribution is 2.16. The molecule has 0 amide bonds. The van der Waals surface area contributed by atoms with E-state index in [2.05, 4.69) is 15.0 Å². The SMILES string of the molecule is CN/C=C\C(=N)N(Cc1ccc(C(=O)OC)cc1)c1ccc(F)cn1. The third-order valence-electron chi connectivity index (χ3n) is 3.40. The minimum atomic E-state index is -0.441. The van der Waals surface area contributed by atoms with Crippen LogP contribution in [0.15, 0.2) is 54.9 Å². The third-order valence-corrected chi connectivity index (χ3v) is 3.40. The van der Waals surface area contributed by atoms with E-state index in [1.54, 1.807) is 48.5 Å². The summed E-state index contributed by atoms with van der Waals surface area (Å²) in [5, 5.41) is 11.0. The van der Waals surface area contributed by atoms with Crippen molar-refractivity contribution in [1.29, 1.82) is 5.41 Å². The lowest BCUT2D eigenvalue weighted by atomic mass is 10.1.